The average Bonchev–Trinajstić information content (AvgIpc) is 3.49. The topological polar surface area (TPSA) is 159 Å². The molecular formula is C31H48O8S. The first kappa shape index (κ1) is 32.9. The van der Waals surface area contributed by atoms with Crippen LogP contribution in [0, 0.1) is 29.1 Å². The van der Waals surface area contributed by atoms with Crippen molar-refractivity contribution >= 4 is 27.4 Å². The number of carboxylic acids is 1. The fourth-order valence-corrected chi connectivity index (χ4v) is 8.29. The summed E-state index contributed by atoms with van der Waals surface area (Å²) in [5.41, 5.74) is -1.65. The van der Waals surface area contributed by atoms with Crippen LogP contribution in [0.1, 0.15) is 82.6 Å². The fourth-order valence-electron chi connectivity index (χ4n) is 7.20. The van der Waals surface area contributed by atoms with E-state index in [9.17, 15) is 40.5 Å². The third kappa shape index (κ3) is 6.89. The van der Waals surface area contributed by atoms with Crippen LogP contribution in [0.2, 0.25) is 0 Å². The first-order valence-electron chi connectivity index (χ1n) is 14.8. The van der Waals surface area contributed by atoms with Crippen LogP contribution < -0.4 is 0 Å². The molecule has 1 fully saturated rings. The number of hydrogen-bond donors (Lipinski definition) is 7. The second-order valence-electron chi connectivity index (χ2n) is 11.6. The molecule has 0 bridgehead atoms. The van der Waals surface area contributed by atoms with Crippen LogP contribution in [-0.2, 0) is 4.79 Å². The van der Waals surface area contributed by atoms with Gasteiger partial charge in [0.1, 0.15) is 5.41 Å². The number of aliphatic hydroxyl groups is 6. The maximum atomic E-state index is 12.6. The van der Waals surface area contributed by atoms with E-state index < -0.39 is 60.8 Å². The number of rotatable bonds is 17. The van der Waals surface area contributed by atoms with E-state index in [1.165, 1.54) is 0 Å². The SMILES string of the molecule is CCC(CO)C(C(=O)O)(C(O)CCCC[C@@H]1[C@@H](CC[C@@H](O)c2cc3ccccc3s2)[C@H](O)C[C@@H]1O)C(CC)CO. The highest BCUT2D eigenvalue weighted by Crippen LogP contribution is 2.46. The number of aliphatic hydroxyl groups excluding tert-OH is 6. The number of unbranched alkanes of at least 4 members (excludes halogenated alkanes) is 1. The van der Waals surface area contributed by atoms with Crippen molar-refractivity contribution in [3.05, 3.63) is 35.2 Å². The summed E-state index contributed by atoms with van der Waals surface area (Å²) in [6, 6.07) is 9.99. The Morgan fingerprint density at radius 1 is 0.950 bits per heavy atom. The summed E-state index contributed by atoms with van der Waals surface area (Å²) in [6.07, 6.45) is 0.832. The van der Waals surface area contributed by atoms with Crippen LogP contribution in [0.4, 0.5) is 0 Å². The van der Waals surface area contributed by atoms with Crippen LogP contribution in [0.25, 0.3) is 10.1 Å². The average molecular weight is 581 g/mol. The standard InChI is InChI=1S/C31H48O8S/c1-3-20(17-32)31(30(38)39,21(4-2)18-33)29(37)12-8-6-10-22-23(26(36)16-25(22)35)13-14-24(34)28-15-19-9-5-7-11-27(19)40-28/h5,7,9,11,15,20-26,29,32-37H,3-4,6,8,10,12-14,16-18H2,1-2H3,(H,38,39)/t20?,21?,22-,23-,24-,25+,26-,29?,31?/m1/s1. The summed E-state index contributed by atoms with van der Waals surface area (Å²) in [5.74, 6) is -2.89. The van der Waals surface area contributed by atoms with Gasteiger partial charge >= 0.3 is 5.97 Å². The van der Waals surface area contributed by atoms with Gasteiger partial charge < -0.3 is 35.7 Å². The molecule has 7 N–H and O–H groups in total. The zero-order chi connectivity index (χ0) is 29.4. The predicted octanol–water partition coefficient (Wildman–Crippen LogP) is 4.10. The lowest BCUT2D eigenvalue weighted by molar-refractivity contribution is -0.177. The van der Waals surface area contributed by atoms with Crippen LogP contribution in [0.3, 0.4) is 0 Å². The molecule has 40 heavy (non-hydrogen) atoms. The minimum Gasteiger partial charge on any atom is -0.481 e. The first-order chi connectivity index (χ1) is 19.1. The third-order valence-electron chi connectivity index (χ3n) is 9.53. The van der Waals surface area contributed by atoms with E-state index in [0.29, 0.717) is 51.4 Å². The summed E-state index contributed by atoms with van der Waals surface area (Å²) >= 11 is 1.56. The van der Waals surface area contributed by atoms with Crippen molar-refractivity contribution in [2.75, 3.05) is 13.2 Å². The van der Waals surface area contributed by atoms with Gasteiger partial charge in [-0.15, -0.1) is 11.3 Å². The maximum absolute atomic E-state index is 12.6. The van der Waals surface area contributed by atoms with Gasteiger partial charge in [-0.2, -0.15) is 0 Å². The Hall–Kier alpha value is -1.59. The van der Waals surface area contributed by atoms with Gasteiger partial charge in [0.2, 0.25) is 0 Å². The van der Waals surface area contributed by atoms with E-state index in [1.54, 1.807) is 25.2 Å². The zero-order valence-corrected chi connectivity index (χ0v) is 24.5. The Balaban J connectivity index is 1.60. The quantitative estimate of drug-likeness (QED) is 0.138. The summed E-state index contributed by atoms with van der Waals surface area (Å²) < 4.78 is 1.12. The van der Waals surface area contributed by atoms with Crippen molar-refractivity contribution < 1.29 is 40.5 Å². The van der Waals surface area contributed by atoms with Gasteiger partial charge in [-0.05, 0) is 74.3 Å². The second-order valence-corrected chi connectivity index (χ2v) is 12.7. The number of carboxylic acid groups (broad SMARTS) is 1. The summed E-state index contributed by atoms with van der Waals surface area (Å²) in [6.45, 7) is 2.77. The maximum Gasteiger partial charge on any atom is 0.313 e. The van der Waals surface area contributed by atoms with Gasteiger partial charge in [0, 0.05) is 34.6 Å². The van der Waals surface area contributed by atoms with Crippen molar-refractivity contribution in [3.63, 3.8) is 0 Å². The molecule has 9 heteroatoms. The molecule has 3 rings (SSSR count). The molecule has 0 aliphatic heterocycles. The van der Waals surface area contributed by atoms with E-state index in [-0.39, 0.29) is 18.3 Å². The predicted molar refractivity (Wildman–Crippen MR) is 156 cm³/mol. The lowest BCUT2D eigenvalue weighted by atomic mass is 9.60. The van der Waals surface area contributed by atoms with E-state index in [0.717, 1.165) is 15.0 Å². The van der Waals surface area contributed by atoms with Crippen LogP contribution in [0.5, 0.6) is 0 Å². The van der Waals surface area contributed by atoms with Crippen molar-refractivity contribution in [1.29, 1.82) is 0 Å². The van der Waals surface area contributed by atoms with Crippen LogP contribution in [-0.4, -0.2) is 73.2 Å². The lowest BCUT2D eigenvalue weighted by Gasteiger charge is -2.44. The summed E-state index contributed by atoms with van der Waals surface area (Å²) in [4.78, 5) is 13.5. The smallest absolute Gasteiger partial charge is 0.313 e. The number of hydrogen-bond acceptors (Lipinski definition) is 8. The Labute approximate surface area is 241 Å². The molecule has 1 saturated carbocycles. The Bertz CT molecular complexity index is 1000. The monoisotopic (exact) mass is 580 g/mol. The highest BCUT2D eigenvalue weighted by atomic mass is 32.1. The van der Waals surface area contributed by atoms with Gasteiger partial charge in [-0.25, -0.2) is 0 Å². The van der Waals surface area contributed by atoms with E-state index in [4.69, 9.17) is 0 Å². The van der Waals surface area contributed by atoms with E-state index in [2.05, 4.69) is 0 Å². The molecule has 1 aliphatic rings. The fraction of sp³-hybridized carbons (Fsp3) is 0.710. The second kappa shape index (κ2) is 15.0. The van der Waals surface area contributed by atoms with Crippen molar-refractivity contribution in [2.24, 2.45) is 29.1 Å². The van der Waals surface area contributed by atoms with Crippen molar-refractivity contribution in [1.82, 2.24) is 0 Å². The summed E-state index contributed by atoms with van der Waals surface area (Å²) in [7, 11) is 0. The van der Waals surface area contributed by atoms with Crippen molar-refractivity contribution in [2.45, 2.75) is 96.1 Å². The van der Waals surface area contributed by atoms with Crippen molar-refractivity contribution in [3.8, 4) is 0 Å². The number of benzene rings is 1. The molecule has 8 nitrogen and oxygen atoms in total. The largest absolute Gasteiger partial charge is 0.481 e. The number of carbonyl (C=O) groups is 1. The summed E-state index contributed by atoms with van der Waals surface area (Å²) in [5, 5.41) is 74.7. The van der Waals surface area contributed by atoms with E-state index in [1.807, 2.05) is 30.3 Å². The molecule has 0 radical (unpaired) electrons. The molecule has 1 aromatic heterocycles. The Kier molecular flexibility index (Phi) is 12.4. The minimum absolute atomic E-state index is 0.146. The Morgan fingerprint density at radius 3 is 2.10 bits per heavy atom. The lowest BCUT2D eigenvalue weighted by Crippen LogP contribution is -2.55. The highest BCUT2D eigenvalue weighted by molar-refractivity contribution is 7.19. The molecule has 226 valence electrons. The van der Waals surface area contributed by atoms with E-state index >= 15 is 0 Å². The highest BCUT2D eigenvalue weighted by Gasteiger charge is 2.55. The molecule has 8 atom stereocenters. The van der Waals surface area contributed by atoms with Gasteiger partial charge in [-0.1, -0.05) is 44.9 Å². The normalized spacial score (nSPS) is 25.9. The molecule has 1 aliphatic carbocycles. The molecular weight excluding hydrogens is 532 g/mol. The molecule has 3 unspecified atom stereocenters. The molecule has 2 aromatic rings. The van der Waals surface area contributed by atoms with Crippen LogP contribution in [0.15, 0.2) is 30.3 Å². The first-order valence-corrected chi connectivity index (χ1v) is 15.6. The Morgan fingerprint density at radius 2 is 1.55 bits per heavy atom. The number of fused-ring (bicyclic) bond motifs is 1. The molecule has 1 aromatic carbocycles. The third-order valence-corrected chi connectivity index (χ3v) is 10.7. The molecule has 0 amide bonds. The van der Waals surface area contributed by atoms with Gasteiger partial charge in [0.15, 0.2) is 0 Å². The molecule has 1 heterocycles. The molecule has 0 spiro atoms. The number of aliphatic carboxylic acids is 1. The molecule has 0 saturated heterocycles. The van der Waals surface area contributed by atoms with Crippen LogP contribution >= 0.6 is 11.3 Å². The van der Waals surface area contributed by atoms with Gasteiger partial charge in [-0.3, -0.25) is 4.79 Å². The van der Waals surface area contributed by atoms with Gasteiger partial charge in [0.25, 0.3) is 0 Å². The van der Waals surface area contributed by atoms with Gasteiger partial charge in [0.05, 0.1) is 24.4 Å². The zero-order valence-electron chi connectivity index (χ0n) is 23.7. The minimum atomic E-state index is -1.65. The number of thiophene rings is 1.